The number of aromatic nitrogens is 2. The quantitative estimate of drug-likeness (QED) is 0.821. The van der Waals surface area contributed by atoms with Crippen LogP contribution in [0.5, 0.6) is 5.75 Å². The molecule has 1 heterocycles. The topological polar surface area (TPSA) is 82.2 Å². The van der Waals surface area contributed by atoms with E-state index >= 15 is 0 Å². The summed E-state index contributed by atoms with van der Waals surface area (Å²) in [5, 5.41) is 6.88. The molecule has 2 rings (SSSR count). The molecule has 0 radical (unpaired) electrons. The third-order valence-electron chi connectivity index (χ3n) is 2.74. The van der Waals surface area contributed by atoms with Crippen LogP contribution in [-0.2, 0) is 7.05 Å². The number of ether oxygens (including phenoxy) is 1. The third kappa shape index (κ3) is 2.67. The molecule has 0 saturated carbocycles. The number of nitrogens with two attached hydrogens (primary N) is 1. The van der Waals surface area contributed by atoms with Gasteiger partial charge in [-0.2, -0.15) is 5.10 Å². The minimum absolute atomic E-state index is 0.261. The molecule has 1 amide bonds. The predicted molar refractivity (Wildman–Crippen MR) is 73.3 cm³/mol. The van der Waals surface area contributed by atoms with Crippen LogP contribution in [0.2, 0.25) is 0 Å². The van der Waals surface area contributed by atoms with Crippen molar-refractivity contribution in [3.8, 4) is 5.75 Å². The van der Waals surface area contributed by atoms with Gasteiger partial charge in [-0.3, -0.25) is 9.48 Å². The fourth-order valence-corrected chi connectivity index (χ4v) is 1.78. The second kappa shape index (κ2) is 5.01. The van der Waals surface area contributed by atoms with Gasteiger partial charge in [0.05, 0.1) is 24.2 Å². The number of benzene rings is 1. The maximum Gasteiger partial charge on any atom is 0.273 e. The number of rotatable bonds is 3. The van der Waals surface area contributed by atoms with Crippen LogP contribution < -0.4 is 15.8 Å². The van der Waals surface area contributed by atoms with E-state index in [2.05, 4.69) is 10.4 Å². The Morgan fingerprint density at radius 1 is 1.42 bits per heavy atom. The van der Waals surface area contributed by atoms with Crippen LogP contribution in [0.25, 0.3) is 0 Å². The maximum absolute atomic E-state index is 12.1. The summed E-state index contributed by atoms with van der Waals surface area (Å²) in [6, 6.07) is 6.81. The normalized spacial score (nSPS) is 10.3. The van der Waals surface area contributed by atoms with E-state index in [4.69, 9.17) is 10.5 Å². The number of amides is 1. The Morgan fingerprint density at radius 3 is 2.74 bits per heavy atom. The highest BCUT2D eigenvalue weighted by atomic mass is 16.5. The summed E-state index contributed by atoms with van der Waals surface area (Å²) in [5.74, 6) is 0.369. The molecule has 2 aromatic rings. The van der Waals surface area contributed by atoms with Crippen molar-refractivity contribution in [3.05, 3.63) is 35.7 Å². The Morgan fingerprint density at radius 2 is 2.16 bits per heavy atom. The SMILES string of the molecule is COc1ccc(N)c(NC(=O)c2cc(C)nn2C)c1. The van der Waals surface area contributed by atoms with E-state index < -0.39 is 0 Å². The summed E-state index contributed by atoms with van der Waals surface area (Å²) in [7, 11) is 3.28. The summed E-state index contributed by atoms with van der Waals surface area (Å²) in [4.78, 5) is 12.1. The van der Waals surface area contributed by atoms with Gasteiger partial charge in [-0.25, -0.2) is 0 Å². The number of hydrogen-bond acceptors (Lipinski definition) is 4. The summed E-state index contributed by atoms with van der Waals surface area (Å²) < 4.78 is 6.63. The zero-order valence-electron chi connectivity index (χ0n) is 11.1. The molecule has 1 aromatic carbocycles. The van der Waals surface area contributed by atoms with E-state index in [0.29, 0.717) is 22.8 Å². The smallest absolute Gasteiger partial charge is 0.273 e. The molecule has 0 atom stereocenters. The minimum Gasteiger partial charge on any atom is -0.497 e. The zero-order chi connectivity index (χ0) is 14.0. The van der Waals surface area contributed by atoms with E-state index in [9.17, 15) is 4.79 Å². The van der Waals surface area contributed by atoms with Gasteiger partial charge in [0.1, 0.15) is 11.4 Å². The lowest BCUT2D eigenvalue weighted by Gasteiger charge is -2.09. The Kier molecular flexibility index (Phi) is 3.41. The van der Waals surface area contributed by atoms with Crippen LogP contribution in [0.4, 0.5) is 11.4 Å². The van der Waals surface area contributed by atoms with Gasteiger partial charge in [0.25, 0.3) is 5.91 Å². The van der Waals surface area contributed by atoms with Crippen molar-refractivity contribution in [2.75, 3.05) is 18.2 Å². The van der Waals surface area contributed by atoms with Crippen LogP contribution in [0.1, 0.15) is 16.2 Å². The van der Waals surface area contributed by atoms with Crippen LogP contribution in [0.15, 0.2) is 24.3 Å². The molecule has 3 N–H and O–H groups in total. The highest BCUT2D eigenvalue weighted by molar-refractivity contribution is 6.04. The zero-order valence-corrected chi connectivity index (χ0v) is 11.1. The van der Waals surface area contributed by atoms with Crippen molar-refractivity contribution in [1.82, 2.24) is 9.78 Å². The van der Waals surface area contributed by atoms with Gasteiger partial charge < -0.3 is 15.8 Å². The number of carbonyl (C=O) groups excluding carboxylic acids is 1. The largest absolute Gasteiger partial charge is 0.497 e. The second-order valence-corrected chi connectivity index (χ2v) is 4.20. The predicted octanol–water partition coefficient (Wildman–Crippen LogP) is 1.57. The van der Waals surface area contributed by atoms with Crippen molar-refractivity contribution in [2.24, 2.45) is 7.05 Å². The lowest BCUT2D eigenvalue weighted by molar-refractivity contribution is 0.101. The molecule has 6 nitrogen and oxygen atoms in total. The molecule has 6 heteroatoms. The lowest BCUT2D eigenvalue weighted by atomic mass is 10.2. The van der Waals surface area contributed by atoms with E-state index in [0.717, 1.165) is 5.69 Å². The van der Waals surface area contributed by atoms with Crippen LogP contribution in [-0.4, -0.2) is 22.8 Å². The van der Waals surface area contributed by atoms with Crippen molar-refractivity contribution < 1.29 is 9.53 Å². The third-order valence-corrected chi connectivity index (χ3v) is 2.74. The first-order chi connectivity index (χ1) is 9.01. The molecule has 0 fully saturated rings. The number of methoxy groups -OCH3 is 1. The number of aryl methyl sites for hydroxylation is 2. The standard InChI is InChI=1S/C13H16N4O2/c1-8-6-12(17(2)16-8)13(18)15-11-7-9(19-3)4-5-10(11)14/h4-7H,14H2,1-3H3,(H,15,18). The Balaban J connectivity index is 2.26. The summed E-state index contributed by atoms with van der Waals surface area (Å²) in [6.45, 7) is 1.83. The fourth-order valence-electron chi connectivity index (χ4n) is 1.78. The monoisotopic (exact) mass is 260 g/mol. The highest BCUT2D eigenvalue weighted by Gasteiger charge is 2.13. The van der Waals surface area contributed by atoms with Crippen LogP contribution >= 0.6 is 0 Å². The molecule has 0 unspecified atom stereocenters. The molecule has 1 aromatic heterocycles. The Hall–Kier alpha value is -2.50. The first-order valence-corrected chi connectivity index (χ1v) is 5.76. The van der Waals surface area contributed by atoms with Gasteiger partial charge in [-0.1, -0.05) is 0 Å². The molecule has 0 saturated heterocycles. The number of hydrogen-bond donors (Lipinski definition) is 2. The summed E-state index contributed by atoms with van der Waals surface area (Å²) >= 11 is 0. The van der Waals surface area contributed by atoms with Gasteiger partial charge in [0.2, 0.25) is 0 Å². The lowest BCUT2D eigenvalue weighted by Crippen LogP contribution is -2.17. The number of anilines is 2. The van der Waals surface area contributed by atoms with Crippen molar-refractivity contribution in [2.45, 2.75) is 6.92 Å². The summed E-state index contributed by atoms with van der Waals surface area (Å²) in [6.07, 6.45) is 0. The first kappa shape index (κ1) is 12.9. The minimum atomic E-state index is -0.261. The van der Waals surface area contributed by atoms with Gasteiger partial charge >= 0.3 is 0 Å². The molecule has 100 valence electrons. The first-order valence-electron chi connectivity index (χ1n) is 5.76. The van der Waals surface area contributed by atoms with Gasteiger partial charge in [0, 0.05) is 13.1 Å². The van der Waals surface area contributed by atoms with E-state index in [1.807, 2.05) is 6.92 Å². The van der Waals surface area contributed by atoms with Crippen LogP contribution in [0, 0.1) is 6.92 Å². The van der Waals surface area contributed by atoms with Gasteiger partial charge in [0.15, 0.2) is 0 Å². The van der Waals surface area contributed by atoms with Gasteiger partial charge in [-0.05, 0) is 25.1 Å². The Labute approximate surface area is 111 Å². The van der Waals surface area contributed by atoms with E-state index in [-0.39, 0.29) is 5.91 Å². The molecule has 19 heavy (non-hydrogen) atoms. The molecule has 0 aliphatic rings. The molecular weight excluding hydrogens is 244 g/mol. The number of nitrogens with zero attached hydrogens (tertiary/aromatic N) is 2. The number of nitrogens with one attached hydrogen (secondary N) is 1. The molecule has 0 bridgehead atoms. The molecule has 0 aliphatic heterocycles. The van der Waals surface area contributed by atoms with E-state index in [1.165, 1.54) is 4.68 Å². The maximum atomic E-state index is 12.1. The highest BCUT2D eigenvalue weighted by Crippen LogP contribution is 2.24. The molecule has 0 spiro atoms. The number of nitrogen functional groups attached to an aromatic ring is 1. The summed E-state index contributed by atoms with van der Waals surface area (Å²) in [5.41, 5.74) is 8.07. The average molecular weight is 260 g/mol. The van der Waals surface area contributed by atoms with Crippen molar-refractivity contribution in [3.63, 3.8) is 0 Å². The van der Waals surface area contributed by atoms with Gasteiger partial charge in [-0.15, -0.1) is 0 Å². The van der Waals surface area contributed by atoms with Crippen molar-refractivity contribution >= 4 is 17.3 Å². The van der Waals surface area contributed by atoms with Crippen LogP contribution in [0.3, 0.4) is 0 Å². The second-order valence-electron chi connectivity index (χ2n) is 4.20. The molecule has 0 aliphatic carbocycles. The van der Waals surface area contributed by atoms with Crippen molar-refractivity contribution in [1.29, 1.82) is 0 Å². The number of carbonyl (C=O) groups is 1. The Bertz CT molecular complexity index is 619. The average Bonchev–Trinajstić information content (AvgIpc) is 2.71. The molecular formula is C13H16N4O2. The fraction of sp³-hybridized carbons (Fsp3) is 0.231. The van der Waals surface area contributed by atoms with E-state index in [1.54, 1.807) is 38.4 Å².